The van der Waals surface area contributed by atoms with E-state index in [0.29, 0.717) is 36.8 Å². The number of unbranched alkanes of at least 4 members (excludes halogenated alkanes) is 1. The Morgan fingerprint density at radius 2 is 1.63 bits per heavy atom. The van der Waals surface area contributed by atoms with E-state index in [-0.39, 0.29) is 42.2 Å². The molecule has 3 nitrogen and oxygen atoms in total. The van der Waals surface area contributed by atoms with Gasteiger partial charge in [0, 0.05) is 5.56 Å². The van der Waals surface area contributed by atoms with Gasteiger partial charge in [0.2, 0.25) is 11.6 Å². The minimum atomic E-state index is -1.51. The molecule has 43 heavy (non-hydrogen) atoms. The van der Waals surface area contributed by atoms with Crippen molar-refractivity contribution in [3.05, 3.63) is 112 Å². The van der Waals surface area contributed by atoms with E-state index in [2.05, 4.69) is 0 Å². The number of aryl methyl sites for hydroxylation is 1. The standard InChI is InChI=1S/C34H32F6O3/c1-3-5-7-8-22-13-14-23(29(36)28(22)35)20-9-11-21(12-10-20)24-15-16-25(31(38)30(24)37)34(41)43-27-18-17-26(32(39)33(27)40)42-19-6-4-2/h3,5,11,13-18,20H,4,6-10,12,19H2,1-2H3. The second-order valence-electron chi connectivity index (χ2n) is 10.3. The minimum Gasteiger partial charge on any atom is -0.490 e. The summed E-state index contributed by atoms with van der Waals surface area (Å²) in [7, 11) is 0. The van der Waals surface area contributed by atoms with E-state index in [0.717, 1.165) is 24.6 Å². The molecule has 0 spiro atoms. The lowest BCUT2D eigenvalue weighted by Crippen LogP contribution is -2.14. The lowest BCUT2D eigenvalue weighted by molar-refractivity contribution is 0.0720. The van der Waals surface area contributed by atoms with Crippen LogP contribution in [0.2, 0.25) is 0 Å². The van der Waals surface area contributed by atoms with Gasteiger partial charge in [-0.05, 0) is 86.3 Å². The van der Waals surface area contributed by atoms with E-state index in [9.17, 15) is 26.7 Å². The SMILES string of the molecule is CC=CCCc1ccc(C2CC=C(c3ccc(C(=O)Oc4ccc(OCCCC)c(F)c4F)c(F)c3F)CC2)c(F)c1F. The Morgan fingerprint density at radius 1 is 0.884 bits per heavy atom. The molecule has 3 aromatic rings. The molecule has 0 heterocycles. The number of carbonyl (C=O) groups is 1. The Balaban J connectivity index is 1.47. The summed E-state index contributed by atoms with van der Waals surface area (Å²) in [5.41, 5.74) is 0.0820. The Morgan fingerprint density at radius 3 is 2.33 bits per heavy atom. The van der Waals surface area contributed by atoms with Crippen LogP contribution in [0.25, 0.3) is 5.57 Å². The highest BCUT2D eigenvalue weighted by Gasteiger charge is 2.27. The fraction of sp³-hybridized carbons (Fsp3) is 0.324. The first-order valence-electron chi connectivity index (χ1n) is 14.3. The molecule has 0 saturated carbocycles. The maximum Gasteiger partial charge on any atom is 0.346 e. The zero-order valence-corrected chi connectivity index (χ0v) is 23.9. The molecule has 1 atom stereocenters. The van der Waals surface area contributed by atoms with Gasteiger partial charge in [-0.1, -0.05) is 49.8 Å². The molecule has 4 rings (SSSR count). The zero-order valence-electron chi connectivity index (χ0n) is 23.9. The lowest BCUT2D eigenvalue weighted by Gasteiger charge is -2.24. The summed E-state index contributed by atoms with van der Waals surface area (Å²) in [6.45, 7) is 3.92. The maximum atomic E-state index is 15.1. The van der Waals surface area contributed by atoms with Crippen LogP contribution in [-0.4, -0.2) is 12.6 Å². The number of halogens is 6. The molecule has 0 saturated heterocycles. The van der Waals surface area contributed by atoms with Gasteiger partial charge in [0.25, 0.3) is 0 Å². The Bertz CT molecular complexity index is 1550. The number of carbonyl (C=O) groups excluding carboxylic acids is 1. The van der Waals surface area contributed by atoms with E-state index in [4.69, 9.17) is 9.47 Å². The first kappa shape index (κ1) is 31.9. The van der Waals surface area contributed by atoms with Crippen molar-refractivity contribution < 1.29 is 40.6 Å². The van der Waals surface area contributed by atoms with Crippen LogP contribution >= 0.6 is 0 Å². The quantitative estimate of drug-likeness (QED) is 0.0721. The normalized spacial score (nSPS) is 15.1. The summed E-state index contributed by atoms with van der Waals surface area (Å²) in [5, 5.41) is 0. The molecule has 3 aromatic carbocycles. The highest BCUT2D eigenvalue weighted by atomic mass is 19.2. The van der Waals surface area contributed by atoms with E-state index in [1.807, 2.05) is 26.0 Å². The van der Waals surface area contributed by atoms with Crippen molar-refractivity contribution in [1.82, 2.24) is 0 Å². The Labute approximate surface area is 246 Å². The van der Waals surface area contributed by atoms with Crippen LogP contribution in [0, 0.1) is 34.9 Å². The summed E-state index contributed by atoms with van der Waals surface area (Å²) in [6.07, 6.45) is 8.64. The van der Waals surface area contributed by atoms with Crippen molar-refractivity contribution in [3.63, 3.8) is 0 Å². The third-order valence-corrected chi connectivity index (χ3v) is 7.48. The number of esters is 1. The van der Waals surface area contributed by atoms with E-state index >= 15 is 4.39 Å². The molecule has 0 aromatic heterocycles. The van der Waals surface area contributed by atoms with Crippen molar-refractivity contribution >= 4 is 11.5 Å². The molecular weight excluding hydrogens is 570 g/mol. The van der Waals surface area contributed by atoms with E-state index in [1.54, 1.807) is 18.2 Å². The molecule has 1 aliphatic rings. The molecule has 0 bridgehead atoms. The minimum absolute atomic E-state index is 0.0933. The summed E-state index contributed by atoms with van der Waals surface area (Å²) >= 11 is 0. The molecular formula is C34H32F6O3. The molecule has 0 N–H and O–H groups in total. The van der Waals surface area contributed by atoms with Gasteiger partial charge in [-0.2, -0.15) is 8.78 Å². The lowest BCUT2D eigenvalue weighted by atomic mass is 9.82. The number of rotatable bonds is 11. The molecule has 1 aliphatic carbocycles. The molecule has 9 heteroatoms. The van der Waals surface area contributed by atoms with Crippen LogP contribution in [0.3, 0.4) is 0 Å². The zero-order chi connectivity index (χ0) is 31.1. The fourth-order valence-corrected chi connectivity index (χ4v) is 5.02. The number of allylic oxidation sites excluding steroid dienone is 4. The second kappa shape index (κ2) is 14.4. The number of benzene rings is 3. The summed E-state index contributed by atoms with van der Waals surface area (Å²) in [5.74, 6) is -10.4. The predicted octanol–water partition coefficient (Wildman–Crippen LogP) is 9.78. The third-order valence-electron chi connectivity index (χ3n) is 7.48. The van der Waals surface area contributed by atoms with Crippen LogP contribution in [0.4, 0.5) is 26.3 Å². The molecule has 0 fully saturated rings. The van der Waals surface area contributed by atoms with Crippen molar-refractivity contribution in [2.75, 3.05) is 6.61 Å². The number of hydrogen-bond acceptors (Lipinski definition) is 3. The first-order valence-corrected chi connectivity index (χ1v) is 14.3. The van der Waals surface area contributed by atoms with Crippen molar-refractivity contribution in [2.24, 2.45) is 0 Å². The molecule has 1 unspecified atom stereocenters. The topological polar surface area (TPSA) is 35.5 Å². The van der Waals surface area contributed by atoms with Gasteiger partial charge >= 0.3 is 5.97 Å². The first-order chi connectivity index (χ1) is 20.7. The Kier molecular flexibility index (Phi) is 10.7. The monoisotopic (exact) mass is 602 g/mol. The third kappa shape index (κ3) is 7.14. The largest absolute Gasteiger partial charge is 0.490 e. The highest BCUT2D eigenvalue weighted by molar-refractivity contribution is 5.92. The molecule has 228 valence electrons. The van der Waals surface area contributed by atoms with Crippen LogP contribution in [-0.2, 0) is 6.42 Å². The summed E-state index contributed by atoms with van der Waals surface area (Å²) in [6, 6.07) is 7.41. The van der Waals surface area contributed by atoms with Crippen molar-refractivity contribution in [1.29, 1.82) is 0 Å². The second-order valence-corrected chi connectivity index (χ2v) is 10.3. The van der Waals surface area contributed by atoms with Crippen LogP contribution in [0.15, 0.2) is 54.6 Å². The van der Waals surface area contributed by atoms with Gasteiger partial charge in [0.15, 0.2) is 34.8 Å². The van der Waals surface area contributed by atoms with Gasteiger partial charge in [0.1, 0.15) is 0 Å². The van der Waals surface area contributed by atoms with Gasteiger partial charge in [-0.25, -0.2) is 22.4 Å². The van der Waals surface area contributed by atoms with Crippen molar-refractivity contribution in [3.8, 4) is 11.5 Å². The van der Waals surface area contributed by atoms with Crippen LogP contribution < -0.4 is 9.47 Å². The van der Waals surface area contributed by atoms with Gasteiger partial charge in [0.05, 0.1) is 12.2 Å². The number of hydrogen-bond donors (Lipinski definition) is 0. The average molecular weight is 603 g/mol. The smallest absolute Gasteiger partial charge is 0.346 e. The molecule has 0 radical (unpaired) electrons. The van der Waals surface area contributed by atoms with E-state index in [1.165, 1.54) is 6.07 Å². The van der Waals surface area contributed by atoms with Gasteiger partial charge < -0.3 is 9.47 Å². The predicted molar refractivity (Wildman–Crippen MR) is 152 cm³/mol. The van der Waals surface area contributed by atoms with Gasteiger partial charge in [-0.15, -0.1) is 0 Å². The fourth-order valence-electron chi connectivity index (χ4n) is 5.02. The number of ether oxygens (including phenoxy) is 2. The van der Waals surface area contributed by atoms with Crippen LogP contribution in [0.5, 0.6) is 11.5 Å². The average Bonchev–Trinajstić information content (AvgIpc) is 3.00. The van der Waals surface area contributed by atoms with Crippen LogP contribution in [0.1, 0.15) is 85.3 Å². The van der Waals surface area contributed by atoms with E-state index < -0.39 is 52.2 Å². The molecule has 0 aliphatic heterocycles. The Hall–Kier alpha value is -4.01. The summed E-state index contributed by atoms with van der Waals surface area (Å²) in [4.78, 5) is 12.6. The summed E-state index contributed by atoms with van der Waals surface area (Å²) < 4.78 is 98.4. The highest BCUT2D eigenvalue weighted by Crippen LogP contribution is 2.39. The van der Waals surface area contributed by atoms with Gasteiger partial charge in [-0.3, -0.25) is 0 Å². The van der Waals surface area contributed by atoms with Crippen molar-refractivity contribution in [2.45, 2.75) is 64.7 Å². The molecule has 0 amide bonds. The maximum absolute atomic E-state index is 15.1.